The van der Waals surface area contributed by atoms with Gasteiger partial charge in [-0.1, -0.05) is 29.4 Å². The van der Waals surface area contributed by atoms with Gasteiger partial charge >= 0.3 is 0 Å². The van der Waals surface area contributed by atoms with Crippen molar-refractivity contribution in [3.63, 3.8) is 0 Å². The van der Waals surface area contributed by atoms with Crippen LogP contribution in [0.1, 0.15) is 17.0 Å². The maximum atomic E-state index is 13.1. The van der Waals surface area contributed by atoms with E-state index < -0.39 is 10.0 Å². The van der Waals surface area contributed by atoms with E-state index in [1.54, 1.807) is 57.6 Å². The van der Waals surface area contributed by atoms with Crippen molar-refractivity contribution in [1.82, 2.24) is 14.4 Å². The number of hydrogen-bond donors (Lipinski definition) is 0. The number of benzene rings is 1. The molecule has 0 saturated carbocycles. The molecule has 3 aromatic rings. The van der Waals surface area contributed by atoms with Gasteiger partial charge < -0.3 is 4.52 Å². The van der Waals surface area contributed by atoms with E-state index in [1.165, 1.54) is 4.31 Å². The van der Waals surface area contributed by atoms with Gasteiger partial charge in [0.15, 0.2) is 0 Å². The molecule has 7 heteroatoms. The van der Waals surface area contributed by atoms with E-state index in [2.05, 4.69) is 10.1 Å². The van der Waals surface area contributed by atoms with Crippen molar-refractivity contribution in [1.29, 1.82) is 0 Å². The molecule has 0 aliphatic rings. The Kier molecular flexibility index (Phi) is 4.69. The van der Waals surface area contributed by atoms with Crippen LogP contribution in [-0.4, -0.2) is 29.9 Å². The van der Waals surface area contributed by atoms with E-state index in [0.29, 0.717) is 17.0 Å². The van der Waals surface area contributed by atoms with Gasteiger partial charge in [0.25, 0.3) is 0 Å². The van der Waals surface area contributed by atoms with Crippen LogP contribution in [0.5, 0.6) is 0 Å². The van der Waals surface area contributed by atoms with Crippen molar-refractivity contribution in [2.45, 2.75) is 25.3 Å². The number of rotatable bonds is 5. The highest BCUT2D eigenvalue weighted by Gasteiger charge is 2.26. The van der Waals surface area contributed by atoms with Gasteiger partial charge in [-0.2, -0.15) is 4.31 Å². The Bertz CT molecular complexity index is 962. The molecule has 25 heavy (non-hydrogen) atoms. The lowest BCUT2D eigenvalue weighted by Crippen LogP contribution is -2.27. The molecular weight excluding hydrogens is 338 g/mol. The first-order chi connectivity index (χ1) is 11.9. The largest absolute Gasteiger partial charge is 0.361 e. The smallest absolute Gasteiger partial charge is 0.243 e. The number of hydrogen-bond acceptors (Lipinski definition) is 5. The van der Waals surface area contributed by atoms with Crippen LogP contribution in [0.15, 0.2) is 58.2 Å². The summed E-state index contributed by atoms with van der Waals surface area (Å²) in [6.45, 7) is 3.78. The number of nitrogens with zero attached hydrogens (tertiary/aromatic N) is 3. The highest BCUT2D eigenvalue weighted by Crippen LogP contribution is 2.29. The molecule has 3 rings (SSSR count). The molecule has 2 heterocycles. The third-order valence-corrected chi connectivity index (χ3v) is 5.97. The lowest BCUT2D eigenvalue weighted by Gasteiger charge is -2.19. The molecule has 0 amide bonds. The van der Waals surface area contributed by atoms with E-state index in [0.717, 1.165) is 11.1 Å². The third kappa shape index (κ3) is 3.33. The maximum absolute atomic E-state index is 13.1. The molecule has 0 saturated heterocycles. The van der Waals surface area contributed by atoms with Crippen LogP contribution in [0.25, 0.3) is 11.1 Å². The van der Waals surface area contributed by atoms with E-state index in [-0.39, 0.29) is 11.4 Å². The van der Waals surface area contributed by atoms with Crippen molar-refractivity contribution in [2.24, 2.45) is 0 Å². The minimum atomic E-state index is -3.69. The van der Waals surface area contributed by atoms with Gasteiger partial charge in [0.1, 0.15) is 5.76 Å². The standard InChI is InChI=1S/C18H19N3O3S/c1-13-17(14(2)24-20-13)12-21(3)25(22,23)18-9-5-4-8-16(18)15-7-6-10-19-11-15/h4-11H,12H2,1-3H3. The molecule has 0 unspecified atom stereocenters. The Labute approximate surface area is 147 Å². The molecule has 0 aliphatic carbocycles. The van der Waals surface area contributed by atoms with E-state index in [4.69, 9.17) is 4.52 Å². The molecule has 1 aromatic carbocycles. The predicted octanol–water partition coefficient (Wildman–Crippen LogP) is 3.17. The maximum Gasteiger partial charge on any atom is 0.243 e. The molecule has 130 valence electrons. The topological polar surface area (TPSA) is 76.3 Å². The average Bonchev–Trinajstić information content (AvgIpc) is 2.94. The Morgan fingerprint density at radius 3 is 2.52 bits per heavy atom. The van der Waals surface area contributed by atoms with Crippen LogP contribution in [0.2, 0.25) is 0 Å². The quantitative estimate of drug-likeness (QED) is 0.701. The van der Waals surface area contributed by atoms with Crippen LogP contribution in [0.4, 0.5) is 0 Å². The van der Waals surface area contributed by atoms with Crippen molar-refractivity contribution < 1.29 is 12.9 Å². The number of aromatic nitrogens is 2. The minimum Gasteiger partial charge on any atom is -0.361 e. The van der Waals surface area contributed by atoms with Crippen molar-refractivity contribution in [3.05, 3.63) is 65.8 Å². The number of pyridine rings is 1. The van der Waals surface area contributed by atoms with Crippen LogP contribution < -0.4 is 0 Å². The zero-order valence-corrected chi connectivity index (χ0v) is 15.1. The highest BCUT2D eigenvalue weighted by molar-refractivity contribution is 7.89. The first-order valence-corrected chi connectivity index (χ1v) is 9.23. The Morgan fingerprint density at radius 2 is 1.88 bits per heavy atom. The van der Waals surface area contributed by atoms with Gasteiger partial charge in [-0.25, -0.2) is 8.42 Å². The Hall–Kier alpha value is -2.51. The fourth-order valence-electron chi connectivity index (χ4n) is 2.66. The SMILES string of the molecule is Cc1noc(C)c1CN(C)S(=O)(=O)c1ccccc1-c1cccnc1. The van der Waals surface area contributed by atoms with Gasteiger partial charge in [-0.05, 0) is 26.0 Å². The van der Waals surface area contributed by atoms with Gasteiger partial charge in [0, 0.05) is 42.7 Å². The lowest BCUT2D eigenvalue weighted by atomic mass is 10.1. The summed E-state index contributed by atoms with van der Waals surface area (Å²) >= 11 is 0. The summed E-state index contributed by atoms with van der Waals surface area (Å²) in [7, 11) is -2.13. The molecule has 0 bridgehead atoms. The fourth-order valence-corrected chi connectivity index (χ4v) is 4.00. The number of sulfonamides is 1. The molecule has 0 radical (unpaired) electrons. The zero-order chi connectivity index (χ0) is 18.0. The predicted molar refractivity (Wildman–Crippen MR) is 94.3 cm³/mol. The fraction of sp³-hybridized carbons (Fsp3) is 0.222. The summed E-state index contributed by atoms with van der Waals surface area (Å²) in [5, 5.41) is 3.88. The third-order valence-electron chi connectivity index (χ3n) is 4.11. The van der Waals surface area contributed by atoms with Crippen LogP contribution in [0, 0.1) is 13.8 Å². The Morgan fingerprint density at radius 1 is 1.12 bits per heavy atom. The summed E-state index contributed by atoms with van der Waals surface area (Å²) in [6, 6.07) is 10.6. The highest BCUT2D eigenvalue weighted by atomic mass is 32.2. The molecular formula is C18H19N3O3S. The van der Waals surface area contributed by atoms with E-state index >= 15 is 0 Å². The van der Waals surface area contributed by atoms with Crippen molar-refractivity contribution in [3.8, 4) is 11.1 Å². The second-order valence-electron chi connectivity index (χ2n) is 5.80. The van der Waals surface area contributed by atoms with Crippen LogP contribution in [-0.2, 0) is 16.6 Å². The van der Waals surface area contributed by atoms with Crippen LogP contribution >= 0.6 is 0 Å². The summed E-state index contributed by atoms with van der Waals surface area (Å²) in [4.78, 5) is 4.33. The molecule has 2 aromatic heterocycles. The second-order valence-corrected chi connectivity index (χ2v) is 7.81. The molecule has 0 atom stereocenters. The summed E-state index contributed by atoms with van der Waals surface area (Å²) < 4.78 is 32.7. The molecule has 0 N–H and O–H groups in total. The summed E-state index contributed by atoms with van der Waals surface area (Å²) in [5.41, 5.74) is 2.86. The normalized spacial score (nSPS) is 11.8. The molecule has 0 aliphatic heterocycles. The first-order valence-electron chi connectivity index (χ1n) is 7.79. The number of aryl methyl sites for hydroxylation is 2. The van der Waals surface area contributed by atoms with Crippen molar-refractivity contribution in [2.75, 3.05) is 7.05 Å². The monoisotopic (exact) mass is 357 g/mol. The minimum absolute atomic E-state index is 0.199. The first kappa shape index (κ1) is 17.3. The Balaban J connectivity index is 2.01. The van der Waals surface area contributed by atoms with Crippen LogP contribution in [0.3, 0.4) is 0 Å². The lowest BCUT2D eigenvalue weighted by molar-refractivity contribution is 0.390. The second kappa shape index (κ2) is 6.78. The van der Waals surface area contributed by atoms with Gasteiger partial charge in [-0.15, -0.1) is 0 Å². The van der Waals surface area contributed by atoms with Gasteiger partial charge in [0.05, 0.1) is 10.6 Å². The molecule has 0 fully saturated rings. The van der Waals surface area contributed by atoms with Gasteiger partial charge in [0.2, 0.25) is 10.0 Å². The van der Waals surface area contributed by atoms with Gasteiger partial charge in [-0.3, -0.25) is 4.98 Å². The average molecular weight is 357 g/mol. The zero-order valence-electron chi connectivity index (χ0n) is 14.3. The summed E-state index contributed by atoms with van der Waals surface area (Å²) in [5.74, 6) is 0.625. The molecule has 6 nitrogen and oxygen atoms in total. The van der Waals surface area contributed by atoms with Crippen molar-refractivity contribution >= 4 is 10.0 Å². The van der Waals surface area contributed by atoms with E-state index in [1.807, 2.05) is 12.1 Å². The molecule has 0 spiro atoms. The van der Waals surface area contributed by atoms with E-state index in [9.17, 15) is 8.42 Å². The summed E-state index contributed by atoms with van der Waals surface area (Å²) in [6.07, 6.45) is 3.31.